The van der Waals surface area contributed by atoms with Crippen LogP contribution in [0.4, 0.5) is 0 Å². The molecule has 0 aromatic carbocycles. The zero-order chi connectivity index (χ0) is 12.1. The third-order valence-corrected chi connectivity index (χ3v) is 2.88. The van der Waals surface area contributed by atoms with E-state index in [1.807, 2.05) is 0 Å². The lowest BCUT2D eigenvalue weighted by molar-refractivity contribution is -0.138. The van der Waals surface area contributed by atoms with Gasteiger partial charge in [0.2, 0.25) is 5.91 Å². The second-order valence-corrected chi connectivity index (χ2v) is 4.39. The summed E-state index contributed by atoms with van der Waals surface area (Å²) in [5, 5.41) is 8.60. The number of amides is 1. The molecule has 0 aromatic rings. The molecule has 0 aliphatic carbocycles. The molecule has 0 bridgehead atoms. The summed E-state index contributed by atoms with van der Waals surface area (Å²) in [5.74, 6) is -0.920. The predicted octanol–water partition coefficient (Wildman–Crippen LogP) is 0.735. The van der Waals surface area contributed by atoms with Gasteiger partial charge in [-0.3, -0.25) is 9.59 Å². The lowest BCUT2D eigenvalue weighted by atomic mass is 10.0. The summed E-state index contributed by atoms with van der Waals surface area (Å²) >= 11 is 0. The molecule has 1 rings (SSSR count). The first-order valence-corrected chi connectivity index (χ1v) is 5.55. The molecule has 1 aliphatic rings. The number of carboxylic acid groups (broad SMARTS) is 1. The van der Waals surface area contributed by atoms with E-state index in [1.54, 1.807) is 18.9 Å². The Bertz CT molecular complexity index is 267. The lowest BCUT2D eigenvalue weighted by Crippen LogP contribution is -2.31. The number of rotatable bonds is 5. The van der Waals surface area contributed by atoms with Crippen molar-refractivity contribution in [1.29, 1.82) is 0 Å². The van der Waals surface area contributed by atoms with Gasteiger partial charge in [-0.2, -0.15) is 0 Å². The highest BCUT2D eigenvalue weighted by Crippen LogP contribution is 2.16. The Morgan fingerprint density at radius 2 is 2.19 bits per heavy atom. The van der Waals surface area contributed by atoms with Crippen LogP contribution in [-0.4, -0.2) is 48.2 Å². The normalized spacial score (nSPS) is 22.1. The summed E-state index contributed by atoms with van der Waals surface area (Å²) in [6.45, 7) is 3.14. The van der Waals surface area contributed by atoms with Crippen LogP contribution < -0.4 is 0 Å². The monoisotopic (exact) mass is 229 g/mol. The van der Waals surface area contributed by atoms with Crippen LogP contribution in [0.15, 0.2) is 0 Å². The maximum absolute atomic E-state index is 11.8. The van der Waals surface area contributed by atoms with Crippen molar-refractivity contribution in [3.05, 3.63) is 0 Å². The van der Waals surface area contributed by atoms with E-state index in [4.69, 9.17) is 9.84 Å². The number of hydrogen-bond acceptors (Lipinski definition) is 3. The van der Waals surface area contributed by atoms with Crippen molar-refractivity contribution in [1.82, 2.24) is 4.90 Å². The van der Waals surface area contributed by atoms with Crippen molar-refractivity contribution in [2.24, 2.45) is 5.92 Å². The molecule has 16 heavy (non-hydrogen) atoms. The Balaban J connectivity index is 2.33. The van der Waals surface area contributed by atoms with Crippen LogP contribution in [0.25, 0.3) is 0 Å². The topological polar surface area (TPSA) is 66.8 Å². The molecule has 5 heteroatoms. The van der Waals surface area contributed by atoms with E-state index in [9.17, 15) is 9.59 Å². The first-order chi connectivity index (χ1) is 7.52. The fourth-order valence-corrected chi connectivity index (χ4v) is 1.94. The van der Waals surface area contributed by atoms with E-state index < -0.39 is 5.97 Å². The zero-order valence-electron chi connectivity index (χ0n) is 9.81. The summed E-state index contributed by atoms with van der Waals surface area (Å²) in [5.41, 5.74) is 0. The molecule has 1 saturated heterocycles. The van der Waals surface area contributed by atoms with Crippen LogP contribution in [0.1, 0.15) is 26.2 Å². The second-order valence-electron chi connectivity index (χ2n) is 4.39. The van der Waals surface area contributed by atoms with Gasteiger partial charge in [0.25, 0.3) is 0 Å². The Morgan fingerprint density at radius 3 is 2.69 bits per heavy atom. The molecule has 1 N–H and O–H groups in total. The first kappa shape index (κ1) is 13.0. The van der Waals surface area contributed by atoms with Crippen molar-refractivity contribution >= 4 is 11.9 Å². The summed E-state index contributed by atoms with van der Waals surface area (Å²) in [7, 11) is 1.64. The number of carbonyl (C=O) groups excluding carboxylic acids is 1. The van der Waals surface area contributed by atoms with E-state index in [1.165, 1.54) is 0 Å². The van der Waals surface area contributed by atoms with Crippen LogP contribution in [0, 0.1) is 5.92 Å². The van der Waals surface area contributed by atoms with Gasteiger partial charge in [0.1, 0.15) is 0 Å². The summed E-state index contributed by atoms with van der Waals surface area (Å²) < 4.78 is 5.17. The number of carbonyl (C=O) groups is 2. The molecule has 2 atom stereocenters. The summed E-state index contributed by atoms with van der Waals surface area (Å²) in [4.78, 5) is 24.0. The minimum atomic E-state index is -0.850. The summed E-state index contributed by atoms with van der Waals surface area (Å²) in [6, 6.07) is 0. The number of likely N-dealkylation sites (tertiary alicyclic amines) is 1. The Morgan fingerprint density at radius 1 is 1.50 bits per heavy atom. The van der Waals surface area contributed by atoms with Gasteiger partial charge in [0.05, 0.1) is 6.10 Å². The highest BCUT2D eigenvalue weighted by atomic mass is 16.5. The maximum Gasteiger partial charge on any atom is 0.303 e. The Kier molecular flexibility index (Phi) is 4.73. The number of ether oxygens (including phenoxy) is 1. The van der Waals surface area contributed by atoms with E-state index >= 15 is 0 Å². The standard InChI is InChI=1S/C11H19NO4/c1-8(6-11(14)15)5-10(13)12-4-3-9(7-12)16-2/h8-9H,3-7H2,1-2H3,(H,14,15). The smallest absolute Gasteiger partial charge is 0.303 e. The van der Waals surface area contributed by atoms with Gasteiger partial charge in [-0.1, -0.05) is 6.92 Å². The Labute approximate surface area is 95.4 Å². The van der Waals surface area contributed by atoms with Crippen LogP contribution in [0.3, 0.4) is 0 Å². The third-order valence-electron chi connectivity index (χ3n) is 2.88. The van der Waals surface area contributed by atoms with Gasteiger partial charge in [0.15, 0.2) is 0 Å². The SMILES string of the molecule is COC1CCN(C(=O)CC(C)CC(=O)O)C1. The molecule has 0 radical (unpaired) electrons. The van der Waals surface area contributed by atoms with Crippen molar-refractivity contribution in [2.75, 3.05) is 20.2 Å². The molecule has 1 fully saturated rings. The highest BCUT2D eigenvalue weighted by molar-refractivity contribution is 5.77. The zero-order valence-corrected chi connectivity index (χ0v) is 9.81. The molecule has 2 unspecified atom stereocenters. The van der Waals surface area contributed by atoms with Crippen LogP contribution in [0.5, 0.6) is 0 Å². The van der Waals surface area contributed by atoms with Gasteiger partial charge in [-0.05, 0) is 12.3 Å². The average Bonchev–Trinajstić information content (AvgIpc) is 2.64. The van der Waals surface area contributed by atoms with Crippen molar-refractivity contribution in [3.8, 4) is 0 Å². The molecule has 0 spiro atoms. The number of nitrogens with zero attached hydrogens (tertiary/aromatic N) is 1. The van der Waals surface area contributed by atoms with Crippen molar-refractivity contribution < 1.29 is 19.4 Å². The fraction of sp³-hybridized carbons (Fsp3) is 0.818. The van der Waals surface area contributed by atoms with Gasteiger partial charge in [0, 0.05) is 33.0 Å². The molecule has 5 nitrogen and oxygen atoms in total. The predicted molar refractivity (Wildman–Crippen MR) is 58.0 cm³/mol. The minimum absolute atomic E-state index is 0.0355. The largest absolute Gasteiger partial charge is 0.481 e. The molecule has 92 valence electrons. The molecular weight excluding hydrogens is 210 g/mol. The van der Waals surface area contributed by atoms with Crippen LogP contribution >= 0.6 is 0 Å². The molecule has 1 amide bonds. The number of carboxylic acids is 1. The van der Waals surface area contributed by atoms with Crippen molar-refractivity contribution in [3.63, 3.8) is 0 Å². The van der Waals surface area contributed by atoms with Gasteiger partial charge < -0.3 is 14.7 Å². The number of methoxy groups -OCH3 is 1. The van der Waals surface area contributed by atoms with Crippen molar-refractivity contribution in [2.45, 2.75) is 32.3 Å². The molecular formula is C11H19NO4. The minimum Gasteiger partial charge on any atom is -0.481 e. The maximum atomic E-state index is 11.8. The quantitative estimate of drug-likeness (QED) is 0.755. The number of hydrogen-bond donors (Lipinski definition) is 1. The number of aliphatic carboxylic acids is 1. The Hall–Kier alpha value is -1.10. The fourth-order valence-electron chi connectivity index (χ4n) is 1.94. The van der Waals surface area contributed by atoms with E-state index in [0.717, 1.165) is 13.0 Å². The highest BCUT2D eigenvalue weighted by Gasteiger charge is 2.26. The molecule has 0 aromatic heterocycles. The lowest BCUT2D eigenvalue weighted by Gasteiger charge is -2.18. The van der Waals surface area contributed by atoms with E-state index in [2.05, 4.69) is 0 Å². The van der Waals surface area contributed by atoms with Crippen LogP contribution in [0.2, 0.25) is 0 Å². The first-order valence-electron chi connectivity index (χ1n) is 5.55. The molecule has 0 saturated carbocycles. The molecule has 1 heterocycles. The van der Waals surface area contributed by atoms with Gasteiger partial charge in [-0.15, -0.1) is 0 Å². The van der Waals surface area contributed by atoms with Gasteiger partial charge in [-0.25, -0.2) is 0 Å². The summed E-state index contributed by atoms with van der Waals surface area (Å²) in [6.07, 6.45) is 1.37. The second kappa shape index (κ2) is 5.84. The molecule has 1 aliphatic heterocycles. The van der Waals surface area contributed by atoms with Crippen LogP contribution in [-0.2, 0) is 14.3 Å². The third kappa shape index (κ3) is 3.81. The average molecular weight is 229 g/mol. The van der Waals surface area contributed by atoms with E-state index in [0.29, 0.717) is 13.0 Å². The van der Waals surface area contributed by atoms with E-state index in [-0.39, 0.29) is 24.3 Å². The van der Waals surface area contributed by atoms with Gasteiger partial charge >= 0.3 is 5.97 Å².